The van der Waals surface area contributed by atoms with E-state index in [0.717, 1.165) is 63.5 Å². The Kier molecular flexibility index (Phi) is 6.69. The van der Waals surface area contributed by atoms with Crippen molar-refractivity contribution in [2.75, 3.05) is 36.4 Å². The molecule has 26 heavy (non-hydrogen) atoms. The van der Waals surface area contributed by atoms with Crippen LogP contribution in [0.5, 0.6) is 0 Å². The van der Waals surface area contributed by atoms with Crippen molar-refractivity contribution in [3.8, 4) is 0 Å². The molecule has 6 nitrogen and oxygen atoms in total. The fourth-order valence-electron chi connectivity index (χ4n) is 4.07. The molecular weight excluding hydrogens is 326 g/mol. The van der Waals surface area contributed by atoms with Crippen LogP contribution in [0.25, 0.3) is 0 Å². The van der Waals surface area contributed by atoms with Gasteiger partial charge in [-0.25, -0.2) is 9.97 Å². The number of hydrogen-bond acceptors (Lipinski definition) is 5. The zero-order chi connectivity index (χ0) is 18.4. The molecule has 3 rings (SSSR count). The standard InChI is InChI=1S/C20H33N5O/c1-3-16(4-2)20(26)25-12-8-17(9-13-25)23-18-14-19(22-15-21-18)24-10-6-5-7-11-24/h14-17H,3-13H2,1-2H3,(H,21,22,23). The highest BCUT2D eigenvalue weighted by Gasteiger charge is 2.26. The minimum atomic E-state index is 0.188. The van der Waals surface area contributed by atoms with Gasteiger partial charge in [-0.2, -0.15) is 0 Å². The number of carbonyl (C=O) groups excluding carboxylic acids is 1. The number of nitrogens with zero attached hydrogens (tertiary/aromatic N) is 4. The molecule has 2 aliphatic heterocycles. The molecule has 0 spiro atoms. The first-order valence-electron chi connectivity index (χ1n) is 10.3. The molecule has 144 valence electrons. The van der Waals surface area contributed by atoms with Crippen molar-refractivity contribution >= 4 is 17.5 Å². The van der Waals surface area contributed by atoms with Crippen LogP contribution in [0.15, 0.2) is 12.4 Å². The Morgan fingerprint density at radius 1 is 1.12 bits per heavy atom. The summed E-state index contributed by atoms with van der Waals surface area (Å²) < 4.78 is 0. The smallest absolute Gasteiger partial charge is 0.225 e. The molecule has 0 unspecified atom stereocenters. The molecule has 0 radical (unpaired) electrons. The minimum Gasteiger partial charge on any atom is -0.367 e. The molecule has 6 heteroatoms. The van der Waals surface area contributed by atoms with Crippen LogP contribution in [0.1, 0.15) is 58.8 Å². The number of aromatic nitrogens is 2. The number of hydrogen-bond donors (Lipinski definition) is 1. The van der Waals surface area contributed by atoms with E-state index in [1.807, 2.05) is 0 Å². The van der Waals surface area contributed by atoms with Crippen molar-refractivity contribution in [2.24, 2.45) is 5.92 Å². The predicted octanol–water partition coefficient (Wildman–Crippen LogP) is 3.31. The monoisotopic (exact) mass is 359 g/mol. The van der Waals surface area contributed by atoms with Gasteiger partial charge in [0, 0.05) is 44.2 Å². The van der Waals surface area contributed by atoms with Crippen molar-refractivity contribution in [1.29, 1.82) is 0 Å². The summed E-state index contributed by atoms with van der Waals surface area (Å²) in [6, 6.07) is 2.46. The average Bonchev–Trinajstić information content (AvgIpc) is 2.70. The van der Waals surface area contributed by atoms with Crippen molar-refractivity contribution < 1.29 is 4.79 Å². The van der Waals surface area contributed by atoms with E-state index in [2.05, 4.69) is 45.0 Å². The van der Waals surface area contributed by atoms with E-state index in [4.69, 9.17) is 0 Å². The Morgan fingerprint density at radius 2 is 1.81 bits per heavy atom. The molecule has 1 aromatic heterocycles. The third-order valence-electron chi connectivity index (χ3n) is 5.83. The summed E-state index contributed by atoms with van der Waals surface area (Å²) in [5.41, 5.74) is 0. The largest absolute Gasteiger partial charge is 0.367 e. The molecule has 1 N–H and O–H groups in total. The number of nitrogens with one attached hydrogen (secondary N) is 1. The zero-order valence-electron chi connectivity index (χ0n) is 16.3. The Hall–Kier alpha value is -1.85. The van der Waals surface area contributed by atoms with Gasteiger partial charge in [0.2, 0.25) is 5.91 Å². The molecule has 3 heterocycles. The van der Waals surface area contributed by atoms with Crippen molar-refractivity contribution in [1.82, 2.24) is 14.9 Å². The number of piperidine rings is 2. The minimum absolute atomic E-state index is 0.188. The van der Waals surface area contributed by atoms with Gasteiger partial charge >= 0.3 is 0 Å². The molecular formula is C20H33N5O. The second kappa shape index (κ2) is 9.19. The van der Waals surface area contributed by atoms with Crippen LogP contribution < -0.4 is 10.2 Å². The summed E-state index contributed by atoms with van der Waals surface area (Å²) in [4.78, 5) is 25.8. The second-order valence-corrected chi connectivity index (χ2v) is 7.57. The van der Waals surface area contributed by atoms with Gasteiger partial charge in [0.05, 0.1) is 0 Å². The van der Waals surface area contributed by atoms with Gasteiger partial charge in [-0.05, 0) is 44.9 Å². The molecule has 0 bridgehead atoms. The van der Waals surface area contributed by atoms with Crippen molar-refractivity contribution in [2.45, 2.75) is 64.8 Å². The number of likely N-dealkylation sites (tertiary alicyclic amines) is 1. The zero-order valence-corrected chi connectivity index (χ0v) is 16.3. The van der Waals surface area contributed by atoms with Crippen LogP contribution in [0.3, 0.4) is 0 Å². The van der Waals surface area contributed by atoms with Crippen molar-refractivity contribution in [3.05, 3.63) is 12.4 Å². The first-order chi connectivity index (χ1) is 12.7. The Balaban J connectivity index is 1.52. The van der Waals surface area contributed by atoms with Gasteiger partial charge in [-0.15, -0.1) is 0 Å². The molecule has 2 aliphatic rings. The van der Waals surface area contributed by atoms with Crippen LogP contribution in [0, 0.1) is 5.92 Å². The van der Waals surface area contributed by atoms with Crippen LogP contribution in [-0.2, 0) is 4.79 Å². The molecule has 2 saturated heterocycles. The normalized spacial score (nSPS) is 19.0. The summed E-state index contributed by atoms with van der Waals surface area (Å²) in [5, 5.41) is 3.56. The van der Waals surface area contributed by atoms with Gasteiger partial charge < -0.3 is 15.1 Å². The maximum Gasteiger partial charge on any atom is 0.225 e. The lowest BCUT2D eigenvalue weighted by molar-refractivity contribution is -0.136. The highest BCUT2D eigenvalue weighted by Crippen LogP contribution is 2.22. The SMILES string of the molecule is CCC(CC)C(=O)N1CCC(Nc2cc(N3CCCCC3)ncn2)CC1. The molecule has 0 atom stereocenters. The predicted molar refractivity (Wildman–Crippen MR) is 105 cm³/mol. The van der Waals surface area contributed by atoms with Crippen LogP contribution in [0.4, 0.5) is 11.6 Å². The fourth-order valence-corrected chi connectivity index (χ4v) is 4.07. The van der Waals surface area contributed by atoms with Gasteiger partial charge in [0.25, 0.3) is 0 Å². The second-order valence-electron chi connectivity index (χ2n) is 7.57. The highest BCUT2D eigenvalue weighted by atomic mass is 16.2. The summed E-state index contributed by atoms with van der Waals surface area (Å²) in [7, 11) is 0. The quantitative estimate of drug-likeness (QED) is 0.844. The Labute approximate surface area is 157 Å². The third-order valence-corrected chi connectivity index (χ3v) is 5.83. The van der Waals surface area contributed by atoms with Gasteiger partial charge in [-0.3, -0.25) is 4.79 Å². The van der Waals surface area contributed by atoms with E-state index in [0.29, 0.717) is 11.9 Å². The lowest BCUT2D eigenvalue weighted by atomic mass is 9.98. The van der Waals surface area contributed by atoms with E-state index in [9.17, 15) is 4.79 Å². The summed E-state index contributed by atoms with van der Waals surface area (Å²) in [5.74, 6) is 2.46. The van der Waals surface area contributed by atoms with Gasteiger partial charge in [0.1, 0.15) is 18.0 Å². The summed E-state index contributed by atoms with van der Waals surface area (Å²) >= 11 is 0. The van der Waals surface area contributed by atoms with Crippen LogP contribution >= 0.6 is 0 Å². The number of rotatable bonds is 6. The van der Waals surface area contributed by atoms with Crippen LogP contribution in [-0.4, -0.2) is 53.0 Å². The summed E-state index contributed by atoms with van der Waals surface area (Å²) in [6.45, 7) is 8.08. The van der Waals surface area contributed by atoms with Crippen molar-refractivity contribution in [3.63, 3.8) is 0 Å². The van der Waals surface area contributed by atoms with E-state index < -0.39 is 0 Å². The maximum absolute atomic E-state index is 12.5. The topological polar surface area (TPSA) is 61.4 Å². The van der Waals surface area contributed by atoms with E-state index in [-0.39, 0.29) is 5.92 Å². The fraction of sp³-hybridized carbons (Fsp3) is 0.750. The number of carbonyl (C=O) groups is 1. The lowest BCUT2D eigenvalue weighted by Gasteiger charge is -2.34. The van der Waals surface area contributed by atoms with E-state index in [1.165, 1.54) is 19.3 Å². The van der Waals surface area contributed by atoms with Gasteiger partial charge in [-0.1, -0.05) is 13.8 Å². The molecule has 1 aromatic rings. The highest BCUT2D eigenvalue weighted by molar-refractivity contribution is 5.78. The van der Waals surface area contributed by atoms with E-state index >= 15 is 0 Å². The maximum atomic E-state index is 12.5. The average molecular weight is 360 g/mol. The number of anilines is 2. The molecule has 2 fully saturated rings. The first kappa shape index (κ1) is 18.9. The molecule has 1 amide bonds. The number of amides is 1. The molecule has 0 aromatic carbocycles. The Bertz CT molecular complexity index is 575. The summed E-state index contributed by atoms with van der Waals surface area (Å²) in [6.07, 6.45) is 9.32. The first-order valence-corrected chi connectivity index (χ1v) is 10.3. The molecule has 0 saturated carbocycles. The van der Waals surface area contributed by atoms with E-state index in [1.54, 1.807) is 6.33 Å². The lowest BCUT2D eigenvalue weighted by Crippen LogP contribution is -2.44. The third kappa shape index (κ3) is 4.65. The molecule has 0 aliphatic carbocycles. The Morgan fingerprint density at radius 3 is 2.46 bits per heavy atom. The van der Waals surface area contributed by atoms with Gasteiger partial charge in [0.15, 0.2) is 0 Å². The van der Waals surface area contributed by atoms with Crippen LogP contribution in [0.2, 0.25) is 0 Å².